The Morgan fingerprint density at radius 3 is 1.44 bits per heavy atom. The van der Waals surface area contributed by atoms with E-state index < -0.39 is 0 Å². The summed E-state index contributed by atoms with van der Waals surface area (Å²) in [5, 5.41) is 2.18. The molecule has 4 nitrogen and oxygen atoms in total. The minimum atomic E-state index is -0.328. The first kappa shape index (κ1) is 33.3. The summed E-state index contributed by atoms with van der Waals surface area (Å²) in [6.07, 6.45) is 0. The molecule has 2 heterocycles. The zero-order chi connectivity index (χ0) is 37.4. The molecule has 0 unspecified atom stereocenters. The summed E-state index contributed by atoms with van der Waals surface area (Å²) in [6.45, 7) is 13.0. The molecule has 1 aliphatic rings. The number of imide groups is 1. The lowest BCUT2D eigenvalue weighted by atomic mass is 9.91. The van der Waals surface area contributed by atoms with E-state index in [1.54, 1.807) is 6.07 Å². The van der Waals surface area contributed by atoms with Crippen molar-refractivity contribution in [2.75, 3.05) is 4.90 Å². The molecule has 0 atom stereocenters. The van der Waals surface area contributed by atoms with E-state index in [0.29, 0.717) is 22.5 Å². The molecule has 9 rings (SSSR count). The SMILES string of the molecule is Cc1cc(C)c(-c2cccc3c4cccc(-c5c(C)cc(C)cc5C)c4n(-c4cccc5c4C(=O)N(c4cccc(-c6ccccc6)c4)C5=O)c23)c(C)c1. The van der Waals surface area contributed by atoms with Gasteiger partial charge in [-0.1, -0.05) is 120 Å². The first-order valence-corrected chi connectivity index (χ1v) is 18.5. The van der Waals surface area contributed by atoms with Crippen molar-refractivity contribution in [3.8, 4) is 39.1 Å². The number of rotatable bonds is 5. The molecule has 2 amide bonds. The van der Waals surface area contributed by atoms with Gasteiger partial charge in [0.05, 0.1) is 33.5 Å². The third kappa shape index (κ3) is 5.05. The van der Waals surface area contributed by atoms with Crippen LogP contribution in [-0.4, -0.2) is 16.4 Å². The predicted molar refractivity (Wildman–Crippen MR) is 223 cm³/mol. The van der Waals surface area contributed by atoms with E-state index in [9.17, 15) is 9.59 Å². The molecule has 262 valence electrons. The number of carbonyl (C=O) groups excluding carboxylic acids is 2. The molecule has 54 heavy (non-hydrogen) atoms. The van der Waals surface area contributed by atoms with Crippen LogP contribution < -0.4 is 4.90 Å². The number of anilines is 1. The Bertz CT molecular complexity index is 2720. The quantitative estimate of drug-likeness (QED) is 0.168. The molecule has 1 aromatic heterocycles. The molecule has 8 aromatic rings. The van der Waals surface area contributed by atoms with Gasteiger partial charge in [-0.15, -0.1) is 0 Å². The molecule has 0 saturated carbocycles. The van der Waals surface area contributed by atoms with Crippen LogP contribution in [0.15, 0.2) is 133 Å². The van der Waals surface area contributed by atoms with Crippen molar-refractivity contribution in [3.63, 3.8) is 0 Å². The number of hydrogen-bond acceptors (Lipinski definition) is 2. The number of para-hydroxylation sites is 2. The van der Waals surface area contributed by atoms with Gasteiger partial charge in [-0.3, -0.25) is 9.59 Å². The average Bonchev–Trinajstić information content (AvgIpc) is 3.63. The number of fused-ring (bicyclic) bond motifs is 4. The minimum absolute atomic E-state index is 0.321. The molecule has 4 heteroatoms. The molecule has 0 N–H and O–H groups in total. The van der Waals surface area contributed by atoms with E-state index in [2.05, 4.69) is 107 Å². The second-order valence-electron chi connectivity index (χ2n) is 14.8. The second kappa shape index (κ2) is 12.6. The molecule has 0 aliphatic carbocycles. The van der Waals surface area contributed by atoms with Crippen molar-refractivity contribution < 1.29 is 9.59 Å². The van der Waals surface area contributed by atoms with Crippen molar-refractivity contribution >= 4 is 39.3 Å². The van der Waals surface area contributed by atoms with Crippen molar-refractivity contribution in [3.05, 3.63) is 178 Å². The van der Waals surface area contributed by atoms with Crippen LogP contribution in [0.25, 0.3) is 60.9 Å². The maximum atomic E-state index is 14.9. The van der Waals surface area contributed by atoms with Crippen LogP contribution in [0.2, 0.25) is 0 Å². The Balaban J connectivity index is 1.37. The fourth-order valence-electron chi connectivity index (χ4n) is 9.11. The molecular formula is C50H40N2O2. The zero-order valence-electron chi connectivity index (χ0n) is 31.4. The van der Waals surface area contributed by atoms with Crippen molar-refractivity contribution in [1.82, 2.24) is 4.57 Å². The van der Waals surface area contributed by atoms with Gasteiger partial charge in [-0.05, 0) is 110 Å². The Kier molecular flexibility index (Phi) is 7.75. The Morgan fingerprint density at radius 1 is 0.407 bits per heavy atom. The zero-order valence-corrected chi connectivity index (χ0v) is 31.4. The lowest BCUT2D eigenvalue weighted by molar-refractivity contribution is 0.0926. The lowest BCUT2D eigenvalue weighted by Crippen LogP contribution is -2.29. The van der Waals surface area contributed by atoms with Gasteiger partial charge < -0.3 is 4.57 Å². The number of aryl methyl sites for hydroxylation is 6. The van der Waals surface area contributed by atoms with E-state index >= 15 is 0 Å². The summed E-state index contributed by atoms with van der Waals surface area (Å²) >= 11 is 0. The van der Waals surface area contributed by atoms with Crippen molar-refractivity contribution in [2.45, 2.75) is 41.5 Å². The van der Waals surface area contributed by atoms with E-state index in [0.717, 1.165) is 44.1 Å². The summed E-state index contributed by atoms with van der Waals surface area (Å²) in [4.78, 5) is 30.7. The number of hydrogen-bond donors (Lipinski definition) is 0. The number of aromatic nitrogens is 1. The standard InChI is InChI=1S/C50H40N2O2/c1-29-24-31(3)44(32(4)25-29)40-20-11-18-38-39-19-12-21-41(45-33(5)26-30(2)27-34(45)6)48(39)52(47(38)40)43-23-13-22-42-46(43)50(54)51(49(42)53)37-17-10-16-36(28-37)35-14-8-7-9-15-35/h7-28H,1-6H3. The van der Waals surface area contributed by atoms with Crippen LogP contribution in [0, 0.1) is 41.5 Å². The summed E-state index contributed by atoms with van der Waals surface area (Å²) in [6, 6.07) is 45.4. The number of nitrogens with zero attached hydrogens (tertiary/aromatic N) is 2. The highest BCUT2D eigenvalue weighted by Crippen LogP contribution is 2.46. The molecule has 0 radical (unpaired) electrons. The predicted octanol–water partition coefficient (Wildman–Crippen LogP) is 12.4. The largest absolute Gasteiger partial charge is 0.307 e. The average molecular weight is 701 g/mol. The van der Waals surface area contributed by atoms with Crippen molar-refractivity contribution in [1.29, 1.82) is 0 Å². The van der Waals surface area contributed by atoms with Gasteiger partial charge in [0.2, 0.25) is 0 Å². The minimum Gasteiger partial charge on any atom is -0.307 e. The maximum Gasteiger partial charge on any atom is 0.268 e. The van der Waals surface area contributed by atoms with E-state index in [4.69, 9.17) is 0 Å². The Hall–Kier alpha value is -6.52. The molecular weight excluding hydrogens is 661 g/mol. The van der Waals surface area contributed by atoms with Gasteiger partial charge in [0.15, 0.2) is 0 Å². The maximum absolute atomic E-state index is 14.9. The van der Waals surface area contributed by atoms with E-state index in [1.807, 2.05) is 66.7 Å². The lowest BCUT2D eigenvalue weighted by Gasteiger charge is -2.19. The van der Waals surface area contributed by atoms with Crippen LogP contribution in [-0.2, 0) is 0 Å². The van der Waals surface area contributed by atoms with E-state index in [1.165, 1.54) is 49.4 Å². The Labute approximate surface area is 315 Å². The highest BCUT2D eigenvalue weighted by Gasteiger charge is 2.40. The summed E-state index contributed by atoms with van der Waals surface area (Å²) < 4.78 is 2.28. The van der Waals surface area contributed by atoms with Gasteiger partial charge in [0, 0.05) is 21.9 Å². The molecule has 7 aromatic carbocycles. The molecule has 0 bridgehead atoms. The fraction of sp³-hybridized carbons (Fsp3) is 0.120. The van der Waals surface area contributed by atoms with Crippen LogP contribution in [0.4, 0.5) is 5.69 Å². The first-order chi connectivity index (χ1) is 26.1. The molecule has 0 fully saturated rings. The fourth-order valence-corrected chi connectivity index (χ4v) is 9.11. The Morgan fingerprint density at radius 2 is 0.889 bits per heavy atom. The second-order valence-corrected chi connectivity index (χ2v) is 14.8. The summed E-state index contributed by atoms with van der Waals surface area (Å²) in [7, 11) is 0. The number of benzene rings is 7. The van der Waals surface area contributed by atoms with Gasteiger partial charge in [-0.25, -0.2) is 4.90 Å². The summed E-state index contributed by atoms with van der Waals surface area (Å²) in [5.74, 6) is -0.648. The topological polar surface area (TPSA) is 42.3 Å². The van der Waals surface area contributed by atoms with Gasteiger partial charge >= 0.3 is 0 Å². The smallest absolute Gasteiger partial charge is 0.268 e. The molecule has 0 spiro atoms. The number of carbonyl (C=O) groups is 2. The number of amides is 2. The monoisotopic (exact) mass is 700 g/mol. The van der Waals surface area contributed by atoms with E-state index in [-0.39, 0.29) is 11.8 Å². The van der Waals surface area contributed by atoms with Crippen LogP contribution in [0.5, 0.6) is 0 Å². The van der Waals surface area contributed by atoms with Crippen molar-refractivity contribution in [2.24, 2.45) is 0 Å². The van der Waals surface area contributed by atoms with Gasteiger partial charge in [0.1, 0.15) is 0 Å². The molecule has 0 saturated heterocycles. The molecule has 1 aliphatic heterocycles. The first-order valence-electron chi connectivity index (χ1n) is 18.5. The summed E-state index contributed by atoms with van der Waals surface area (Å²) in [5.41, 5.74) is 17.8. The highest BCUT2D eigenvalue weighted by atomic mass is 16.2. The van der Waals surface area contributed by atoms with Crippen LogP contribution >= 0.6 is 0 Å². The third-order valence-electron chi connectivity index (χ3n) is 11.0. The van der Waals surface area contributed by atoms with Crippen LogP contribution in [0.3, 0.4) is 0 Å². The normalized spacial score (nSPS) is 12.7. The van der Waals surface area contributed by atoms with Gasteiger partial charge in [-0.2, -0.15) is 0 Å². The van der Waals surface area contributed by atoms with Crippen LogP contribution in [0.1, 0.15) is 54.1 Å². The van der Waals surface area contributed by atoms with Gasteiger partial charge in [0.25, 0.3) is 11.8 Å². The highest BCUT2D eigenvalue weighted by molar-refractivity contribution is 6.36. The third-order valence-corrected chi connectivity index (χ3v) is 11.0.